The van der Waals surface area contributed by atoms with Crippen molar-refractivity contribution in [3.63, 3.8) is 0 Å². The highest BCUT2D eigenvalue weighted by molar-refractivity contribution is 6.05. The molecule has 126 valence electrons. The van der Waals surface area contributed by atoms with Crippen LogP contribution in [-0.2, 0) is 36.9 Å². The molecule has 6 aliphatic rings. The van der Waals surface area contributed by atoms with Crippen molar-refractivity contribution in [2.24, 2.45) is 0 Å². The van der Waals surface area contributed by atoms with Crippen LogP contribution in [0.5, 0.6) is 0 Å². The molecule has 2 aromatic carbocycles. The van der Waals surface area contributed by atoms with Gasteiger partial charge in [-0.1, -0.05) is 36.4 Å². The number of hydrogen-bond acceptors (Lipinski definition) is 1. The quantitative estimate of drug-likeness (QED) is 0.663. The third-order valence-corrected chi connectivity index (χ3v) is 6.34. The lowest BCUT2D eigenvalue weighted by Crippen LogP contribution is -2.19. The number of carbonyl (C=O) groups excluding carboxylic acids is 1. The van der Waals surface area contributed by atoms with E-state index < -0.39 is 0 Å². The highest BCUT2D eigenvalue weighted by Gasteiger charge is 2.29. The molecule has 0 saturated heterocycles. The van der Waals surface area contributed by atoms with Crippen molar-refractivity contribution in [3.05, 3.63) is 75.4 Å². The summed E-state index contributed by atoms with van der Waals surface area (Å²) in [7, 11) is 0. The summed E-state index contributed by atoms with van der Waals surface area (Å²) in [5.74, 6) is 0.416. The van der Waals surface area contributed by atoms with Gasteiger partial charge in [0.2, 0.25) is 0 Å². The summed E-state index contributed by atoms with van der Waals surface area (Å²) < 4.78 is 0. The lowest BCUT2D eigenvalue weighted by molar-refractivity contribution is -0.116. The van der Waals surface area contributed by atoms with Gasteiger partial charge in [0.25, 0.3) is 0 Å². The first kappa shape index (κ1) is 15.1. The average Bonchev–Trinajstić information content (AvgIpc) is 2.64. The van der Waals surface area contributed by atoms with Gasteiger partial charge in [-0.25, -0.2) is 0 Å². The van der Waals surface area contributed by atoms with E-state index in [1.807, 2.05) is 0 Å². The van der Waals surface area contributed by atoms with E-state index in [4.69, 9.17) is 0 Å². The zero-order chi connectivity index (χ0) is 16.8. The normalized spacial score (nSPS) is 19.3. The summed E-state index contributed by atoms with van der Waals surface area (Å²) in [6.45, 7) is 0. The van der Waals surface area contributed by atoms with E-state index in [0.717, 1.165) is 63.4 Å². The maximum absolute atomic E-state index is 12.5. The number of carbonyl (C=O) groups is 1. The number of hydrogen-bond donors (Lipinski definition) is 0. The van der Waals surface area contributed by atoms with Gasteiger partial charge >= 0.3 is 0 Å². The minimum Gasteiger partial charge on any atom is -0.295 e. The SMILES string of the molecule is O=C1CCCC2=C1CCc1c3ccc(c12)CCc1ccc(cc1)CC3. The van der Waals surface area contributed by atoms with Crippen LogP contribution in [0, 0.1) is 0 Å². The van der Waals surface area contributed by atoms with Crippen LogP contribution in [0.1, 0.15) is 59.1 Å². The third kappa shape index (κ3) is 2.57. The summed E-state index contributed by atoms with van der Waals surface area (Å²) in [6, 6.07) is 13.9. The maximum atomic E-state index is 12.5. The Morgan fingerprint density at radius 2 is 1.24 bits per heavy atom. The Labute approximate surface area is 149 Å². The zero-order valence-corrected chi connectivity index (χ0v) is 14.7. The molecule has 0 atom stereocenters. The molecule has 25 heavy (non-hydrogen) atoms. The molecule has 0 aliphatic heterocycles. The van der Waals surface area contributed by atoms with Gasteiger partial charge < -0.3 is 0 Å². The second-order valence-corrected chi connectivity index (χ2v) is 7.79. The van der Waals surface area contributed by atoms with Crippen molar-refractivity contribution in [2.45, 2.75) is 57.8 Å². The fraction of sp³-hybridized carbons (Fsp3) is 0.375. The van der Waals surface area contributed by atoms with Crippen molar-refractivity contribution in [2.75, 3.05) is 0 Å². The van der Waals surface area contributed by atoms with Gasteiger partial charge in [-0.2, -0.15) is 0 Å². The number of aryl methyl sites for hydroxylation is 4. The first-order valence-electron chi connectivity index (χ1n) is 9.76. The number of benzene rings is 2. The van der Waals surface area contributed by atoms with Crippen LogP contribution in [0.15, 0.2) is 42.0 Å². The van der Waals surface area contributed by atoms with Crippen molar-refractivity contribution in [1.29, 1.82) is 0 Å². The number of allylic oxidation sites excluding steroid dienone is 2. The summed E-state index contributed by atoms with van der Waals surface area (Å²) in [6.07, 6.45) is 9.28. The van der Waals surface area contributed by atoms with Gasteiger partial charge in [0.1, 0.15) is 0 Å². The van der Waals surface area contributed by atoms with Gasteiger partial charge in [0, 0.05) is 6.42 Å². The number of rotatable bonds is 0. The van der Waals surface area contributed by atoms with E-state index in [0.29, 0.717) is 5.78 Å². The highest BCUT2D eigenvalue weighted by Crippen LogP contribution is 2.42. The summed E-state index contributed by atoms with van der Waals surface area (Å²) >= 11 is 0. The van der Waals surface area contributed by atoms with Crippen molar-refractivity contribution >= 4 is 11.4 Å². The van der Waals surface area contributed by atoms with E-state index in [1.165, 1.54) is 33.4 Å². The minimum absolute atomic E-state index is 0.416. The zero-order valence-electron chi connectivity index (χ0n) is 14.7. The molecule has 8 rings (SSSR count). The van der Waals surface area contributed by atoms with Gasteiger partial charge in [0.05, 0.1) is 0 Å². The van der Waals surface area contributed by atoms with Crippen molar-refractivity contribution in [3.8, 4) is 0 Å². The second-order valence-electron chi connectivity index (χ2n) is 7.79. The molecular formula is C24H24O. The first-order valence-corrected chi connectivity index (χ1v) is 9.76. The molecule has 0 radical (unpaired) electrons. The summed E-state index contributed by atoms with van der Waals surface area (Å²) in [4.78, 5) is 12.5. The van der Waals surface area contributed by atoms with Gasteiger partial charge in [-0.05, 0) is 95.9 Å². The molecule has 4 bridgehead atoms. The summed E-state index contributed by atoms with van der Waals surface area (Å²) in [5.41, 5.74) is 11.4. The molecule has 0 amide bonds. The Balaban J connectivity index is 1.67. The van der Waals surface area contributed by atoms with Gasteiger partial charge in [0.15, 0.2) is 5.78 Å². The van der Waals surface area contributed by atoms with E-state index in [9.17, 15) is 4.79 Å². The molecule has 0 saturated carbocycles. The minimum atomic E-state index is 0.416. The molecule has 0 spiro atoms. The first-order chi connectivity index (χ1) is 12.3. The van der Waals surface area contributed by atoms with Crippen LogP contribution in [0.4, 0.5) is 0 Å². The second kappa shape index (κ2) is 5.98. The van der Waals surface area contributed by atoms with Gasteiger partial charge in [-0.3, -0.25) is 4.79 Å². The largest absolute Gasteiger partial charge is 0.295 e. The standard InChI is InChI=1S/C24H24O/c25-23-3-1-2-22-21(23)15-14-20-18-10-8-16-4-6-17(7-5-16)9-11-19(13-12-18)24(20)22/h4-7,12-13H,1-3,8-11,14-15H2. The van der Waals surface area contributed by atoms with E-state index in [1.54, 1.807) is 5.56 Å². The van der Waals surface area contributed by atoms with E-state index in [2.05, 4.69) is 36.4 Å². The van der Waals surface area contributed by atoms with Crippen LogP contribution >= 0.6 is 0 Å². The Bertz CT molecular complexity index is 883. The molecule has 1 nitrogen and oxygen atoms in total. The Kier molecular flexibility index (Phi) is 3.62. The molecule has 2 aromatic rings. The smallest absolute Gasteiger partial charge is 0.159 e. The predicted molar refractivity (Wildman–Crippen MR) is 102 cm³/mol. The monoisotopic (exact) mass is 328 g/mol. The fourth-order valence-electron chi connectivity index (χ4n) is 4.99. The lowest BCUT2D eigenvalue weighted by Gasteiger charge is -2.30. The molecule has 1 heteroatoms. The Morgan fingerprint density at radius 3 is 2.00 bits per heavy atom. The van der Waals surface area contributed by atoms with Crippen molar-refractivity contribution < 1.29 is 4.79 Å². The fourth-order valence-corrected chi connectivity index (χ4v) is 4.99. The van der Waals surface area contributed by atoms with Crippen molar-refractivity contribution in [1.82, 2.24) is 0 Å². The van der Waals surface area contributed by atoms with Crippen LogP contribution in [0.25, 0.3) is 5.57 Å². The molecule has 0 fully saturated rings. The molecule has 6 aliphatic carbocycles. The molecule has 0 unspecified atom stereocenters. The molecule has 0 aromatic heterocycles. The van der Waals surface area contributed by atoms with Crippen LogP contribution in [0.2, 0.25) is 0 Å². The summed E-state index contributed by atoms with van der Waals surface area (Å²) in [5, 5.41) is 0. The third-order valence-electron chi connectivity index (χ3n) is 6.34. The highest BCUT2D eigenvalue weighted by atomic mass is 16.1. The average molecular weight is 328 g/mol. The van der Waals surface area contributed by atoms with Crippen LogP contribution < -0.4 is 0 Å². The molecule has 0 N–H and O–H groups in total. The van der Waals surface area contributed by atoms with E-state index >= 15 is 0 Å². The molecule has 0 heterocycles. The maximum Gasteiger partial charge on any atom is 0.159 e. The Hall–Kier alpha value is -2.15. The van der Waals surface area contributed by atoms with Crippen LogP contribution in [-0.4, -0.2) is 5.78 Å². The number of Topliss-reactive ketones (excluding diaryl/α,β-unsaturated/α-hetero) is 1. The lowest BCUT2D eigenvalue weighted by atomic mass is 9.73. The topological polar surface area (TPSA) is 17.1 Å². The van der Waals surface area contributed by atoms with Crippen LogP contribution in [0.3, 0.4) is 0 Å². The number of ketones is 1. The van der Waals surface area contributed by atoms with Gasteiger partial charge in [-0.15, -0.1) is 0 Å². The molecular weight excluding hydrogens is 304 g/mol. The predicted octanol–water partition coefficient (Wildman–Crippen LogP) is 5.02. The Morgan fingerprint density at radius 1 is 0.560 bits per heavy atom. The van der Waals surface area contributed by atoms with E-state index in [-0.39, 0.29) is 0 Å².